The van der Waals surface area contributed by atoms with Gasteiger partial charge in [-0.3, -0.25) is 9.59 Å². The molecule has 0 spiro atoms. The molecular formula is C37H31NO6. The van der Waals surface area contributed by atoms with Crippen LogP contribution < -0.4 is 5.32 Å². The van der Waals surface area contributed by atoms with Crippen molar-refractivity contribution in [3.8, 4) is 0 Å². The Morgan fingerprint density at radius 3 is 2.34 bits per heavy atom. The zero-order chi connectivity index (χ0) is 29.6. The lowest BCUT2D eigenvalue weighted by molar-refractivity contribution is -0.175. The molecule has 1 N–H and O–H groups in total. The van der Waals surface area contributed by atoms with Gasteiger partial charge in [0.2, 0.25) is 0 Å². The van der Waals surface area contributed by atoms with Crippen LogP contribution in [0.25, 0.3) is 32.3 Å². The van der Waals surface area contributed by atoms with Gasteiger partial charge in [0, 0.05) is 24.7 Å². The van der Waals surface area contributed by atoms with Crippen molar-refractivity contribution in [2.45, 2.75) is 37.1 Å². The topological polar surface area (TPSA) is 90.9 Å². The second kappa shape index (κ2) is 9.50. The summed E-state index contributed by atoms with van der Waals surface area (Å²) in [5, 5.41) is 9.49. The number of carbonyl (C=O) groups is 3. The van der Waals surface area contributed by atoms with Crippen molar-refractivity contribution in [1.29, 1.82) is 0 Å². The maximum Gasteiger partial charge on any atom is 0.339 e. The van der Waals surface area contributed by atoms with E-state index < -0.39 is 41.6 Å². The maximum atomic E-state index is 14.1. The Morgan fingerprint density at radius 2 is 1.55 bits per heavy atom. The first-order chi connectivity index (χ1) is 21.5. The Balaban J connectivity index is 1.05. The lowest BCUT2D eigenvalue weighted by atomic mass is 9.78. The van der Waals surface area contributed by atoms with Crippen LogP contribution >= 0.6 is 0 Å². The first kappa shape index (κ1) is 26.0. The molecule has 220 valence electrons. The number of hydrogen-bond donors (Lipinski definition) is 1. The highest BCUT2D eigenvalue weighted by molar-refractivity contribution is 6.26. The molecule has 6 atom stereocenters. The Bertz CT molecular complexity index is 1960. The van der Waals surface area contributed by atoms with E-state index in [0.29, 0.717) is 24.8 Å². The molecule has 0 radical (unpaired) electrons. The van der Waals surface area contributed by atoms with E-state index in [2.05, 4.69) is 29.6 Å². The van der Waals surface area contributed by atoms with E-state index in [0.717, 1.165) is 51.0 Å². The normalized spacial score (nSPS) is 28.5. The molecule has 5 aromatic rings. The smallest absolute Gasteiger partial charge is 0.339 e. The van der Waals surface area contributed by atoms with Crippen molar-refractivity contribution < 1.29 is 28.6 Å². The van der Waals surface area contributed by atoms with Gasteiger partial charge in [-0.15, -0.1) is 0 Å². The Labute approximate surface area is 253 Å². The van der Waals surface area contributed by atoms with Gasteiger partial charge in [0.1, 0.15) is 17.8 Å². The predicted molar refractivity (Wildman–Crippen MR) is 164 cm³/mol. The van der Waals surface area contributed by atoms with Crippen molar-refractivity contribution in [2.75, 3.05) is 13.1 Å². The van der Waals surface area contributed by atoms with Crippen LogP contribution in [-0.2, 0) is 29.4 Å². The highest BCUT2D eigenvalue weighted by Gasteiger charge is 2.70. The Hall–Kier alpha value is -4.49. The lowest BCUT2D eigenvalue weighted by Gasteiger charge is -2.39. The van der Waals surface area contributed by atoms with E-state index in [-0.39, 0.29) is 17.8 Å². The summed E-state index contributed by atoms with van der Waals surface area (Å²) < 4.78 is 18.6. The number of ether oxygens (including phenoxy) is 3. The fourth-order valence-corrected chi connectivity index (χ4v) is 8.87. The summed E-state index contributed by atoms with van der Waals surface area (Å²) >= 11 is 0. The predicted octanol–water partition coefficient (Wildman–Crippen LogP) is 5.74. The molecular weight excluding hydrogens is 554 g/mol. The third-order valence-corrected chi connectivity index (χ3v) is 10.8. The first-order valence-electron chi connectivity index (χ1n) is 15.6. The minimum Gasteiger partial charge on any atom is -0.458 e. The average molecular weight is 586 g/mol. The second-order valence-electron chi connectivity index (χ2n) is 12.9. The first-order valence-corrected chi connectivity index (χ1v) is 15.6. The number of fused-ring (bicyclic) bond motifs is 1. The van der Waals surface area contributed by atoms with Gasteiger partial charge < -0.3 is 19.5 Å². The number of nitrogens with one attached hydrogen (secondary N) is 1. The van der Waals surface area contributed by atoms with Crippen LogP contribution in [0.2, 0.25) is 0 Å². The van der Waals surface area contributed by atoms with Gasteiger partial charge in [0.25, 0.3) is 0 Å². The van der Waals surface area contributed by atoms with E-state index in [1.54, 1.807) is 0 Å². The average Bonchev–Trinajstić information content (AvgIpc) is 3.68. The van der Waals surface area contributed by atoms with Crippen molar-refractivity contribution in [1.82, 2.24) is 5.32 Å². The maximum absolute atomic E-state index is 14.1. The van der Waals surface area contributed by atoms with Crippen LogP contribution in [0.1, 0.15) is 35.2 Å². The van der Waals surface area contributed by atoms with E-state index >= 15 is 0 Å². The molecule has 2 bridgehead atoms. The molecule has 2 aliphatic carbocycles. The van der Waals surface area contributed by atoms with Crippen molar-refractivity contribution in [2.24, 2.45) is 23.7 Å². The van der Waals surface area contributed by atoms with Crippen molar-refractivity contribution in [3.63, 3.8) is 0 Å². The molecule has 2 heterocycles. The van der Waals surface area contributed by atoms with Gasteiger partial charge in [0.15, 0.2) is 0 Å². The SMILES string of the molecule is O=C(OC1C2CC3C1OC(=O)C3C2C(=O)OC1(c2ccccc2)CCNCC1)c1cc2cccc3ccc4cccc1c4c32. The van der Waals surface area contributed by atoms with Gasteiger partial charge in [-0.05, 0) is 63.5 Å². The van der Waals surface area contributed by atoms with Gasteiger partial charge in [-0.2, -0.15) is 0 Å². The molecule has 6 unspecified atom stereocenters. The van der Waals surface area contributed by atoms with Crippen LogP contribution in [0.3, 0.4) is 0 Å². The summed E-state index contributed by atoms with van der Waals surface area (Å²) in [4.78, 5) is 41.3. The molecule has 4 aliphatic rings. The molecule has 44 heavy (non-hydrogen) atoms. The van der Waals surface area contributed by atoms with Crippen LogP contribution in [0.5, 0.6) is 0 Å². The Kier molecular flexibility index (Phi) is 5.61. The molecule has 9 rings (SSSR count). The molecule has 0 amide bonds. The molecule has 7 nitrogen and oxygen atoms in total. The number of rotatable bonds is 5. The quantitative estimate of drug-likeness (QED) is 0.160. The minimum absolute atomic E-state index is 0.165. The summed E-state index contributed by atoms with van der Waals surface area (Å²) in [6.07, 6.45) is 0.640. The molecule has 2 saturated carbocycles. The fourth-order valence-electron chi connectivity index (χ4n) is 8.87. The zero-order valence-electron chi connectivity index (χ0n) is 24.0. The third-order valence-electron chi connectivity index (χ3n) is 10.8. The van der Waals surface area contributed by atoms with Crippen LogP contribution in [0.4, 0.5) is 0 Å². The minimum atomic E-state index is -0.764. The van der Waals surface area contributed by atoms with Crippen molar-refractivity contribution >= 4 is 50.2 Å². The molecule has 7 heteroatoms. The van der Waals surface area contributed by atoms with E-state index in [1.807, 2.05) is 60.7 Å². The standard InChI is InChI=1S/C37H31NO6/c39-34(25-18-22-8-4-6-20-12-13-21-7-5-11-24(25)29(21)28(20)22)42-32-27-19-26-30(35(40)43-33(26)32)31(27)36(41)44-37(14-16-38-17-15-37)23-9-2-1-3-10-23/h1-13,18,26-27,30-33,38H,14-17,19H2. The number of carbonyl (C=O) groups excluding carboxylic acids is 3. The van der Waals surface area contributed by atoms with Gasteiger partial charge in [-0.1, -0.05) is 78.9 Å². The summed E-state index contributed by atoms with van der Waals surface area (Å²) in [5.74, 6) is -3.03. The number of piperidine rings is 1. The van der Waals surface area contributed by atoms with Crippen LogP contribution in [-0.4, -0.2) is 43.2 Å². The highest BCUT2D eigenvalue weighted by Crippen LogP contribution is 2.59. The molecule has 5 aromatic carbocycles. The third kappa shape index (κ3) is 3.62. The highest BCUT2D eigenvalue weighted by atomic mass is 16.6. The summed E-state index contributed by atoms with van der Waals surface area (Å²) in [6, 6.07) is 28.0. The van der Waals surface area contributed by atoms with E-state index in [4.69, 9.17) is 14.2 Å². The molecule has 4 fully saturated rings. The number of hydrogen-bond acceptors (Lipinski definition) is 7. The van der Waals surface area contributed by atoms with Crippen LogP contribution in [0, 0.1) is 23.7 Å². The lowest BCUT2D eigenvalue weighted by Crippen LogP contribution is -2.48. The summed E-state index contributed by atoms with van der Waals surface area (Å²) in [7, 11) is 0. The zero-order valence-corrected chi connectivity index (χ0v) is 24.0. The summed E-state index contributed by atoms with van der Waals surface area (Å²) in [5.41, 5.74) is 0.670. The number of benzene rings is 5. The molecule has 0 aromatic heterocycles. The van der Waals surface area contributed by atoms with Crippen LogP contribution in [0.15, 0.2) is 84.9 Å². The molecule has 2 saturated heterocycles. The Morgan fingerprint density at radius 1 is 0.818 bits per heavy atom. The van der Waals surface area contributed by atoms with Crippen molar-refractivity contribution in [3.05, 3.63) is 96.1 Å². The van der Waals surface area contributed by atoms with E-state index in [1.165, 1.54) is 0 Å². The van der Waals surface area contributed by atoms with E-state index in [9.17, 15) is 14.4 Å². The van der Waals surface area contributed by atoms with Gasteiger partial charge in [0.05, 0.1) is 17.4 Å². The van der Waals surface area contributed by atoms with Gasteiger partial charge >= 0.3 is 17.9 Å². The summed E-state index contributed by atoms with van der Waals surface area (Å²) in [6.45, 7) is 1.46. The largest absolute Gasteiger partial charge is 0.458 e. The number of esters is 3. The fraction of sp³-hybridized carbons (Fsp3) is 0.324. The molecule has 2 aliphatic heterocycles. The van der Waals surface area contributed by atoms with Gasteiger partial charge in [-0.25, -0.2) is 4.79 Å². The monoisotopic (exact) mass is 585 g/mol. The second-order valence-corrected chi connectivity index (χ2v) is 12.9.